The van der Waals surface area contributed by atoms with E-state index in [-0.39, 0.29) is 30.8 Å². The van der Waals surface area contributed by atoms with Gasteiger partial charge in [0, 0.05) is 37.8 Å². The van der Waals surface area contributed by atoms with Gasteiger partial charge in [0.25, 0.3) is 5.91 Å². The van der Waals surface area contributed by atoms with Gasteiger partial charge in [-0.05, 0) is 12.5 Å². The van der Waals surface area contributed by atoms with Crippen LogP contribution in [0.25, 0.3) is 11.0 Å². The number of fused-ring (bicyclic) bond motifs is 1. The molecule has 1 aliphatic rings. The largest absolute Gasteiger partial charge is 0.481 e. The van der Waals surface area contributed by atoms with Crippen molar-refractivity contribution in [3.63, 3.8) is 0 Å². The first-order valence-corrected chi connectivity index (χ1v) is 8.10. The summed E-state index contributed by atoms with van der Waals surface area (Å²) in [5, 5.41) is 9.96. The first-order valence-electron chi connectivity index (χ1n) is 8.10. The Hall–Kier alpha value is -2.38. The quantitative estimate of drug-likeness (QED) is 0.862. The van der Waals surface area contributed by atoms with Crippen LogP contribution in [0.15, 0.2) is 28.7 Å². The molecule has 2 aromatic rings. The molecule has 0 spiro atoms. The molecule has 0 radical (unpaired) electrons. The number of furan rings is 1. The predicted molar refractivity (Wildman–Crippen MR) is 89.4 cm³/mol. The molecule has 134 valence electrons. The Morgan fingerprint density at radius 2 is 2.08 bits per heavy atom. The lowest BCUT2D eigenvalue weighted by molar-refractivity contribution is -0.138. The van der Waals surface area contributed by atoms with E-state index >= 15 is 0 Å². The Kier molecular flexibility index (Phi) is 5.06. The lowest BCUT2D eigenvalue weighted by Crippen LogP contribution is -2.37. The van der Waals surface area contributed by atoms with Crippen LogP contribution in [-0.4, -0.2) is 54.8 Å². The Morgan fingerprint density at radius 3 is 2.76 bits per heavy atom. The van der Waals surface area contributed by atoms with Crippen molar-refractivity contribution in [3.05, 3.63) is 35.6 Å². The highest BCUT2D eigenvalue weighted by molar-refractivity contribution is 5.99. The fourth-order valence-corrected chi connectivity index (χ4v) is 3.38. The van der Waals surface area contributed by atoms with E-state index in [9.17, 15) is 9.59 Å². The van der Waals surface area contributed by atoms with Crippen molar-refractivity contribution in [2.45, 2.75) is 31.6 Å². The number of hydrogen-bond donors (Lipinski definition) is 1. The molecule has 7 nitrogen and oxygen atoms in total. The number of ether oxygens (including phenoxy) is 2. The average Bonchev–Trinajstić information content (AvgIpc) is 3.16. The summed E-state index contributed by atoms with van der Waals surface area (Å²) in [6.45, 7) is 0.583. The third-order valence-corrected chi connectivity index (χ3v) is 4.56. The first-order chi connectivity index (χ1) is 12.0. The number of rotatable bonds is 6. The summed E-state index contributed by atoms with van der Waals surface area (Å²) in [6, 6.07) is 6.96. The van der Waals surface area contributed by atoms with E-state index < -0.39 is 12.0 Å². The highest BCUT2D eigenvalue weighted by Crippen LogP contribution is 2.31. The van der Waals surface area contributed by atoms with E-state index in [4.69, 9.17) is 19.0 Å². The van der Waals surface area contributed by atoms with E-state index in [0.29, 0.717) is 24.1 Å². The maximum atomic E-state index is 13.1. The number of carbonyl (C=O) groups is 2. The molecule has 0 bridgehead atoms. The molecule has 0 saturated carbocycles. The lowest BCUT2D eigenvalue weighted by Gasteiger charge is -2.22. The molecule has 7 heteroatoms. The number of nitrogens with zero attached hydrogens (tertiary/aromatic N) is 1. The number of benzene rings is 1. The molecule has 2 heterocycles. The summed E-state index contributed by atoms with van der Waals surface area (Å²) in [4.78, 5) is 25.8. The first kappa shape index (κ1) is 17.4. The van der Waals surface area contributed by atoms with Crippen LogP contribution in [0.1, 0.15) is 29.0 Å². The van der Waals surface area contributed by atoms with Crippen LogP contribution < -0.4 is 0 Å². The van der Waals surface area contributed by atoms with Crippen LogP contribution in [0.4, 0.5) is 0 Å². The van der Waals surface area contributed by atoms with Gasteiger partial charge in [0.2, 0.25) is 0 Å². The second kappa shape index (κ2) is 7.25. The molecule has 1 N–H and O–H groups in total. The molecular weight excluding hydrogens is 326 g/mol. The number of methoxy groups -OCH3 is 2. The Labute approximate surface area is 145 Å². The van der Waals surface area contributed by atoms with Gasteiger partial charge in [-0.1, -0.05) is 18.2 Å². The van der Waals surface area contributed by atoms with Gasteiger partial charge in [-0.25, -0.2) is 0 Å². The van der Waals surface area contributed by atoms with Gasteiger partial charge in [0.05, 0.1) is 19.1 Å². The average molecular weight is 347 g/mol. The second-order valence-corrected chi connectivity index (χ2v) is 6.14. The zero-order valence-corrected chi connectivity index (χ0v) is 14.2. The van der Waals surface area contributed by atoms with Crippen molar-refractivity contribution in [2.24, 2.45) is 0 Å². The van der Waals surface area contributed by atoms with Crippen molar-refractivity contribution < 1.29 is 28.6 Å². The van der Waals surface area contributed by atoms with E-state index in [1.807, 2.05) is 18.2 Å². The van der Waals surface area contributed by atoms with E-state index in [1.165, 1.54) is 0 Å². The minimum atomic E-state index is -0.943. The minimum absolute atomic E-state index is 0.120. The van der Waals surface area contributed by atoms with Crippen molar-refractivity contribution in [3.8, 4) is 0 Å². The SMILES string of the molecule is COCc1c(C(=O)N2CC(OC)CC2CC(=O)O)oc2ccccc12. The molecule has 2 atom stereocenters. The van der Waals surface area contributed by atoms with Crippen LogP contribution in [0.3, 0.4) is 0 Å². The summed E-state index contributed by atoms with van der Waals surface area (Å²) in [5.74, 6) is -1.06. The zero-order valence-electron chi connectivity index (χ0n) is 14.2. The van der Waals surface area contributed by atoms with Gasteiger partial charge >= 0.3 is 5.97 Å². The second-order valence-electron chi connectivity index (χ2n) is 6.14. The monoisotopic (exact) mass is 347 g/mol. The zero-order chi connectivity index (χ0) is 18.0. The maximum absolute atomic E-state index is 13.1. The number of amides is 1. The van der Waals surface area contributed by atoms with E-state index in [1.54, 1.807) is 25.2 Å². The third kappa shape index (κ3) is 3.38. The number of carboxylic acid groups (broad SMARTS) is 1. The highest BCUT2D eigenvalue weighted by Gasteiger charge is 2.39. The molecule has 1 fully saturated rings. The third-order valence-electron chi connectivity index (χ3n) is 4.56. The molecule has 25 heavy (non-hydrogen) atoms. The smallest absolute Gasteiger partial charge is 0.305 e. The van der Waals surface area contributed by atoms with E-state index in [2.05, 4.69) is 0 Å². The number of aliphatic carboxylic acids is 1. The van der Waals surface area contributed by atoms with Crippen LogP contribution in [0, 0.1) is 0 Å². The molecule has 1 aromatic heterocycles. The van der Waals surface area contributed by atoms with Crippen LogP contribution >= 0.6 is 0 Å². The van der Waals surface area contributed by atoms with Crippen LogP contribution in [-0.2, 0) is 20.9 Å². The van der Waals surface area contributed by atoms with Gasteiger partial charge < -0.3 is 23.9 Å². The van der Waals surface area contributed by atoms with E-state index in [0.717, 1.165) is 5.39 Å². The standard InChI is InChI=1S/C18H21NO6/c1-23-10-14-13-5-3-4-6-15(13)25-17(14)18(22)19-9-12(24-2)7-11(19)8-16(20)21/h3-6,11-12H,7-10H2,1-2H3,(H,20,21). The fourth-order valence-electron chi connectivity index (χ4n) is 3.38. The van der Waals surface area contributed by atoms with Crippen LogP contribution in [0.5, 0.6) is 0 Å². The Morgan fingerprint density at radius 1 is 1.32 bits per heavy atom. The van der Waals surface area contributed by atoms with Gasteiger partial charge in [-0.15, -0.1) is 0 Å². The topological polar surface area (TPSA) is 89.2 Å². The molecule has 0 aliphatic carbocycles. The normalized spacial score (nSPS) is 20.3. The van der Waals surface area contributed by atoms with Crippen molar-refractivity contribution in [1.29, 1.82) is 0 Å². The van der Waals surface area contributed by atoms with Crippen molar-refractivity contribution >= 4 is 22.8 Å². The fraction of sp³-hybridized carbons (Fsp3) is 0.444. The van der Waals surface area contributed by atoms with Gasteiger partial charge in [0.15, 0.2) is 5.76 Å². The molecule has 1 amide bonds. The van der Waals surface area contributed by atoms with Crippen molar-refractivity contribution in [2.75, 3.05) is 20.8 Å². The minimum Gasteiger partial charge on any atom is -0.481 e. The van der Waals surface area contributed by atoms with Gasteiger partial charge in [-0.2, -0.15) is 0 Å². The Bertz CT molecular complexity index is 783. The van der Waals surface area contributed by atoms with Crippen molar-refractivity contribution in [1.82, 2.24) is 4.90 Å². The summed E-state index contributed by atoms with van der Waals surface area (Å²) in [7, 11) is 3.12. The summed E-state index contributed by atoms with van der Waals surface area (Å²) >= 11 is 0. The number of carbonyl (C=O) groups excluding carboxylic acids is 1. The molecule has 3 rings (SSSR count). The molecule has 2 unspecified atom stereocenters. The number of hydrogen-bond acceptors (Lipinski definition) is 5. The summed E-state index contributed by atoms with van der Waals surface area (Å²) in [6.07, 6.45) is 0.198. The number of carboxylic acids is 1. The number of para-hydroxylation sites is 1. The highest BCUT2D eigenvalue weighted by atomic mass is 16.5. The van der Waals surface area contributed by atoms with Gasteiger partial charge in [0.1, 0.15) is 5.58 Å². The Balaban J connectivity index is 1.97. The maximum Gasteiger partial charge on any atom is 0.305 e. The molecule has 1 aromatic carbocycles. The predicted octanol–water partition coefficient (Wildman–Crippen LogP) is 2.28. The lowest BCUT2D eigenvalue weighted by atomic mass is 10.1. The molecule has 1 saturated heterocycles. The molecular formula is C18H21NO6. The van der Waals surface area contributed by atoms with Gasteiger partial charge in [-0.3, -0.25) is 9.59 Å². The molecule has 1 aliphatic heterocycles. The summed E-state index contributed by atoms with van der Waals surface area (Å²) < 4.78 is 16.4. The summed E-state index contributed by atoms with van der Waals surface area (Å²) in [5.41, 5.74) is 1.29. The number of likely N-dealkylation sites (tertiary alicyclic amines) is 1. The van der Waals surface area contributed by atoms with Crippen LogP contribution in [0.2, 0.25) is 0 Å².